The van der Waals surface area contributed by atoms with E-state index in [1.807, 2.05) is 0 Å². The molecule has 17 heavy (non-hydrogen) atoms. The molecule has 0 amide bonds. The van der Waals surface area contributed by atoms with Crippen LogP contribution in [0.15, 0.2) is 30.3 Å². The van der Waals surface area contributed by atoms with Crippen LogP contribution >= 0.6 is 11.6 Å². The summed E-state index contributed by atoms with van der Waals surface area (Å²) in [5.74, 6) is 0.604. The second kappa shape index (κ2) is 9.46. The van der Waals surface area contributed by atoms with Crippen LogP contribution in [0.3, 0.4) is 0 Å². The number of ether oxygens (including phenoxy) is 1. The van der Waals surface area contributed by atoms with Gasteiger partial charge in [-0.1, -0.05) is 30.3 Å². The molecule has 0 spiro atoms. The number of hydrogen-bond donors (Lipinski definition) is 1. The van der Waals surface area contributed by atoms with E-state index in [-0.39, 0.29) is 6.04 Å². The van der Waals surface area contributed by atoms with Gasteiger partial charge in [-0.3, -0.25) is 0 Å². The topological polar surface area (TPSA) is 21.3 Å². The maximum absolute atomic E-state index is 5.81. The van der Waals surface area contributed by atoms with Gasteiger partial charge in [0.05, 0.1) is 6.61 Å². The van der Waals surface area contributed by atoms with Gasteiger partial charge in [0, 0.05) is 19.0 Å². The first kappa shape index (κ1) is 14.5. The molecule has 0 aliphatic rings. The van der Waals surface area contributed by atoms with Gasteiger partial charge in [0.15, 0.2) is 0 Å². The summed E-state index contributed by atoms with van der Waals surface area (Å²) in [4.78, 5) is 0. The van der Waals surface area contributed by atoms with Gasteiger partial charge in [-0.2, -0.15) is 0 Å². The fourth-order valence-corrected chi connectivity index (χ4v) is 1.96. The highest BCUT2D eigenvalue weighted by Gasteiger charge is 2.04. The van der Waals surface area contributed by atoms with Crippen molar-refractivity contribution in [1.29, 1.82) is 0 Å². The first-order valence-corrected chi connectivity index (χ1v) is 6.72. The van der Waals surface area contributed by atoms with E-state index in [1.165, 1.54) is 18.4 Å². The Labute approximate surface area is 109 Å². The van der Waals surface area contributed by atoms with Crippen LogP contribution < -0.4 is 5.32 Å². The highest BCUT2D eigenvalue weighted by Crippen LogP contribution is 2.04. The molecule has 0 bridgehead atoms. The summed E-state index contributed by atoms with van der Waals surface area (Å²) in [5, 5.41) is 3.40. The second-order valence-electron chi connectivity index (χ2n) is 4.20. The van der Waals surface area contributed by atoms with E-state index in [4.69, 9.17) is 16.3 Å². The lowest BCUT2D eigenvalue weighted by Crippen LogP contribution is -2.35. The molecule has 0 saturated heterocycles. The fraction of sp³-hybridized carbons (Fsp3) is 0.571. The molecule has 0 aliphatic carbocycles. The first-order valence-electron chi connectivity index (χ1n) is 6.19. The number of rotatable bonds is 9. The molecule has 0 saturated carbocycles. The molecule has 0 fully saturated rings. The van der Waals surface area contributed by atoms with Crippen LogP contribution in [0.4, 0.5) is 0 Å². The summed E-state index contributed by atoms with van der Waals surface area (Å²) < 4.78 is 5.07. The zero-order valence-electron chi connectivity index (χ0n) is 10.5. The van der Waals surface area contributed by atoms with Crippen molar-refractivity contribution < 1.29 is 4.74 Å². The normalized spacial score (nSPS) is 12.6. The number of hydrogen-bond acceptors (Lipinski definition) is 2. The van der Waals surface area contributed by atoms with Gasteiger partial charge >= 0.3 is 0 Å². The minimum Gasteiger partial charge on any atom is -0.383 e. The van der Waals surface area contributed by atoms with Crippen molar-refractivity contribution in [1.82, 2.24) is 5.32 Å². The van der Waals surface area contributed by atoms with Crippen LogP contribution in [0.1, 0.15) is 18.4 Å². The Hall–Kier alpha value is -0.570. The van der Waals surface area contributed by atoms with Crippen LogP contribution in [0, 0.1) is 0 Å². The molecule has 96 valence electrons. The number of halogens is 1. The van der Waals surface area contributed by atoms with Gasteiger partial charge in [0.1, 0.15) is 0 Å². The molecule has 0 radical (unpaired) electrons. The fourth-order valence-electron chi connectivity index (χ4n) is 1.76. The van der Waals surface area contributed by atoms with Gasteiger partial charge in [0.2, 0.25) is 0 Å². The molecule has 1 unspecified atom stereocenters. The average Bonchev–Trinajstić information content (AvgIpc) is 2.38. The van der Waals surface area contributed by atoms with Crippen molar-refractivity contribution in [2.75, 3.05) is 26.1 Å². The van der Waals surface area contributed by atoms with Crippen molar-refractivity contribution >= 4 is 11.6 Å². The first-order chi connectivity index (χ1) is 8.36. The Morgan fingerprint density at radius 1 is 1.24 bits per heavy atom. The molecule has 1 aromatic carbocycles. The van der Waals surface area contributed by atoms with Crippen molar-refractivity contribution in [2.24, 2.45) is 0 Å². The van der Waals surface area contributed by atoms with Crippen molar-refractivity contribution in [3.05, 3.63) is 35.9 Å². The highest BCUT2D eigenvalue weighted by molar-refractivity contribution is 6.18. The molecule has 1 aromatic rings. The predicted octanol–water partition coefficient (Wildman–Crippen LogP) is 2.85. The molecule has 1 N–H and O–H groups in total. The Morgan fingerprint density at radius 3 is 2.65 bits per heavy atom. The smallest absolute Gasteiger partial charge is 0.0627 e. The number of aryl methyl sites for hydroxylation is 1. The predicted molar refractivity (Wildman–Crippen MR) is 73.8 cm³/mol. The zero-order valence-corrected chi connectivity index (χ0v) is 11.2. The lowest BCUT2D eigenvalue weighted by molar-refractivity contribution is 0.173. The SMILES string of the molecule is COCC(CCl)NCCCCc1ccccc1. The zero-order chi connectivity index (χ0) is 12.3. The largest absolute Gasteiger partial charge is 0.383 e. The van der Waals surface area contributed by atoms with Crippen LogP contribution in [-0.2, 0) is 11.2 Å². The molecule has 0 heterocycles. The highest BCUT2D eigenvalue weighted by atomic mass is 35.5. The minimum atomic E-state index is 0.276. The quantitative estimate of drug-likeness (QED) is 0.541. The molecular formula is C14H22ClNO. The Kier molecular flexibility index (Phi) is 8.06. The third kappa shape index (κ3) is 6.67. The summed E-state index contributed by atoms with van der Waals surface area (Å²) in [6.45, 7) is 1.69. The van der Waals surface area contributed by atoms with E-state index in [0.717, 1.165) is 13.0 Å². The van der Waals surface area contributed by atoms with E-state index in [9.17, 15) is 0 Å². The second-order valence-corrected chi connectivity index (χ2v) is 4.51. The van der Waals surface area contributed by atoms with Gasteiger partial charge in [-0.05, 0) is 31.4 Å². The number of nitrogens with one attached hydrogen (secondary N) is 1. The third-order valence-electron chi connectivity index (χ3n) is 2.72. The maximum atomic E-state index is 5.81. The van der Waals surface area contributed by atoms with Crippen molar-refractivity contribution in [3.8, 4) is 0 Å². The van der Waals surface area contributed by atoms with E-state index in [0.29, 0.717) is 12.5 Å². The van der Waals surface area contributed by atoms with Gasteiger partial charge in [-0.25, -0.2) is 0 Å². The maximum Gasteiger partial charge on any atom is 0.0627 e. The Bertz CT molecular complexity index is 279. The number of alkyl halides is 1. The van der Waals surface area contributed by atoms with E-state index >= 15 is 0 Å². The van der Waals surface area contributed by atoms with Gasteiger partial charge in [-0.15, -0.1) is 11.6 Å². The Morgan fingerprint density at radius 2 is 2.00 bits per heavy atom. The van der Waals surface area contributed by atoms with E-state index < -0.39 is 0 Å². The molecule has 0 aliphatic heterocycles. The molecular weight excluding hydrogens is 234 g/mol. The number of methoxy groups -OCH3 is 1. The van der Waals surface area contributed by atoms with Crippen LogP contribution in [-0.4, -0.2) is 32.2 Å². The lowest BCUT2D eigenvalue weighted by atomic mass is 10.1. The van der Waals surface area contributed by atoms with Crippen LogP contribution in [0.25, 0.3) is 0 Å². The van der Waals surface area contributed by atoms with Crippen molar-refractivity contribution in [3.63, 3.8) is 0 Å². The number of benzene rings is 1. The summed E-state index contributed by atoms with van der Waals surface area (Å²) in [5.41, 5.74) is 1.42. The lowest BCUT2D eigenvalue weighted by Gasteiger charge is -2.14. The van der Waals surface area contributed by atoms with Crippen LogP contribution in [0.5, 0.6) is 0 Å². The molecule has 0 aromatic heterocycles. The molecule has 1 atom stereocenters. The third-order valence-corrected chi connectivity index (χ3v) is 3.09. The average molecular weight is 256 g/mol. The van der Waals surface area contributed by atoms with Gasteiger partial charge in [0.25, 0.3) is 0 Å². The van der Waals surface area contributed by atoms with Crippen LogP contribution in [0.2, 0.25) is 0 Å². The molecule has 2 nitrogen and oxygen atoms in total. The Balaban J connectivity index is 2.04. The van der Waals surface area contributed by atoms with E-state index in [1.54, 1.807) is 7.11 Å². The summed E-state index contributed by atoms with van der Waals surface area (Å²) in [7, 11) is 1.70. The summed E-state index contributed by atoms with van der Waals surface area (Å²) in [6, 6.07) is 10.9. The monoisotopic (exact) mass is 255 g/mol. The standard InChI is InChI=1S/C14H22ClNO/c1-17-12-14(11-15)16-10-6-5-9-13-7-3-2-4-8-13/h2-4,7-8,14,16H,5-6,9-12H2,1H3. The summed E-state index contributed by atoms with van der Waals surface area (Å²) in [6.07, 6.45) is 3.53. The molecule has 1 rings (SSSR count). The van der Waals surface area contributed by atoms with E-state index in [2.05, 4.69) is 35.6 Å². The number of unbranched alkanes of at least 4 members (excludes halogenated alkanes) is 1. The molecule has 3 heteroatoms. The van der Waals surface area contributed by atoms with Gasteiger partial charge < -0.3 is 10.1 Å². The van der Waals surface area contributed by atoms with Crippen molar-refractivity contribution in [2.45, 2.75) is 25.3 Å². The minimum absolute atomic E-state index is 0.276. The summed E-state index contributed by atoms with van der Waals surface area (Å²) >= 11 is 5.81.